The zero-order chi connectivity index (χ0) is 14.0. The minimum atomic E-state index is -0.364. The molecule has 0 saturated carbocycles. The third-order valence-electron chi connectivity index (χ3n) is 2.55. The summed E-state index contributed by atoms with van der Waals surface area (Å²) < 4.78 is 20.4. The lowest BCUT2D eigenvalue weighted by atomic mass is 10.2. The van der Waals surface area contributed by atoms with Crippen molar-refractivity contribution in [1.29, 1.82) is 0 Å². The highest BCUT2D eigenvalue weighted by atomic mass is 79.9. The van der Waals surface area contributed by atoms with Crippen LogP contribution < -0.4 is 10.3 Å². The molecule has 1 heterocycles. The Labute approximate surface area is 118 Å². The number of hydrogen-bond acceptors (Lipinski definition) is 3. The summed E-state index contributed by atoms with van der Waals surface area (Å²) in [7, 11) is 1.44. The van der Waals surface area contributed by atoms with Crippen molar-refractivity contribution in [2.75, 3.05) is 7.11 Å². The van der Waals surface area contributed by atoms with Gasteiger partial charge in [-0.05, 0) is 30.7 Å². The van der Waals surface area contributed by atoms with Crippen LogP contribution in [-0.4, -0.2) is 16.7 Å². The van der Waals surface area contributed by atoms with Crippen molar-refractivity contribution in [2.24, 2.45) is 0 Å². The number of nitrogens with zero attached hydrogens (tertiary/aromatic N) is 2. The summed E-state index contributed by atoms with van der Waals surface area (Å²) in [5.74, 6) is -0.364. The van der Waals surface area contributed by atoms with Gasteiger partial charge in [0.1, 0.15) is 5.82 Å². The van der Waals surface area contributed by atoms with Gasteiger partial charge in [-0.3, -0.25) is 9.36 Å². The van der Waals surface area contributed by atoms with Gasteiger partial charge in [0.2, 0.25) is 0 Å². The van der Waals surface area contributed by atoms with Crippen LogP contribution in [0.3, 0.4) is 0 Å². The predicted octanol–water partition coefficient (Wildman–Crippen LogP) is 2.51. The molecular formula is C13H12BrFN2O2. The first kappa shape index (κ1) is 13.7. The SMILES string of the molecule is COc1nc(C)cc(=O)n1Cc1cc(F)cc(Br)c1. The second-order valence-corrected chi connectivity index (χ2v) is 5.00. The van der Waals surface area contributed by atoms with Crippen LogP contribution in [0.25, 0.3) is 0 Å². The first-order valence-electron chi connectivity index (χ1n) is 5.57. The van der Waals surface area contributed by atoms with E-state index in [0.29, 0.717) is 15.7 Å². The van der Waals surface area contributed by atoms with Gasteiger partial charge in [0, 0.05) is 16.2 Å². The maximum atomic E-state index is 13.3. The highest BCUT2D eigenvalue weighted by molar-refractivity contribution is 9.10. The molecule has 0 atom stereocenters. The number of methoxy groups -OCH3 is 1. The Morgan fingerprint density at radius 3 is 2.74 bits per heavy atom. The maximum absolute atomic E-state index is 13.3. The van der Waals surface area contributed by atoms with Crippen LogP contribution in [0.15, 0.2) is 33.5 Å². The van der Waals surface area contributed by atoms with E-state index in [0.717, 1.165) is 0 Å². The van der Waals surface area contributed by atoms with Crippen molar-refractivity contribution >= 4 is 15.9 Å². The Balaban J connectivity index is 2.46. The van der Waals surface area contributed by atoms with Crippen LogP contribution in [0.4, 0.5) is 4.39 Å². The third kappa shape index (κ3) is 3.20. The van der Waals surface area contributed by atoms with Crippen molar-refractivity contribution < 1.29 is 9.13 Å². The summed E-state index contributed by atoms with van der Waals surface area (Å²) in [6.07, 6.45) is 0. The minimum Gasteiger partial charge on any atom is -0.468 e. The number of benzene rings is 1. The summed E-state index contributed by atoms with van der Waals surface area (Å²) >= 11 is 3.22. The monoisotopic (exact) mass is 326 g/mol. The third-order valence-corrected chi connectivity index (χ3v) is 3.00. The van der Waals surface area contributed by atoms with Gasteiger partial charge in [-0.1, -0.05) is 15.9 Å². The van der Waals surface area contributed by atoms with Crippen molar-refractivity contribution in [2.45, 2.75) is 13.5 Å². The highest BCUT2D eigenvalue weighted by Crippen LogP contribution is 2.16. The van der Waals surface area contributed by atoms with Crippen molar-refractivity contribution in [1.82, 2.24) is 9.55 Å². The molecule has 100 valence electrons. The Kier molecular flexibility index (Phi) is 3.99. The molecule has 0 unspecified atom stereocenters. The van der Waals surface area contributed by atoms with Crippen LogP contribution in [0, 0.1) is 12.7 Å². The lowest BCUT2D eigenvalue weighted by Crippen LogP contribution is -2.23. The van der Waals surface area contributed by atoms with Gasteiger partial charge < -0.3 is 4.74 Å². The molecule has 19 heavy (non-hydrogen) atoms. The Hall–Kier alpha value is -1.69. The molecule has 0 radical (unpaired) electrons. The Bertz CT molecular complexity index is 650. The van der Waals surface area contributed by atoms with E-state index >= 15 is 0 Å². The van der Waals surface area contributed by atoms with Gasteiger partial charge in [0.05, 0.1) is 13.7 Å². The Morgan fingerprint density at radius 2 is 2.11 bits per heavy atom. The standard InChI is InChI=1S/C13H12BrFN2O2/c1-8-3-12(18)17(13(16-8)19-2)7-9-4-10(14)6-11(15)5-9/h3-6H,7H2,1-2H3. The number of aromatic nitrogens is 2. The fourth-order valence-corrected chi connectivity index (χ4v) is 2.29. The lowest BCUT2D eigenvalue weighted by Gasteiger charge is -2.11. The van der Waals surface area contributed by atoms with Crippen molar-refractivity contribution in [3.8, 4) is 6.01 Å². The number of aryl methyl sites for hydroxylation is 1. The molecule has 2 aromatic rings. The molecule has 0 spiro atoms. The van der Waals surface area contributed by atoms with E-state index in [4.69, 9.17) is 4.74 Å². The quantitative estimate of drug-likeness (QED) is 0.870. The van der Waals surface area contributed by atoms with E-state index in [-0.39, 0.29) is 23.9 Å². The summed E-state index contributed by atoms with van der Waals surface area (Å²) in [5, 5.41) is 0. The maximum Gasteiger partial charge on any atom is 0.299 e. The number of halogens is 2. The van der Waals surface area contributed by atoms with Gasteiger partial charge in [-0.2, -0.15) is 0 Å². The summed E-state index contributed by atoms with van der Waals surface area (Å²) in [6.45, 7) is 1.92. The molecule has 2 rings (SSSR count). The average molecular weight is 327 g/mol. The number of rotatable bonds is 3. The summed E-state index contributed by atoms with van der Waals surface area (Å²) in [4.78, 5) is 16.1. The first-order valence-corrected chi connectivity index (χ1v) is 6.36. The molecule has 0 aliphatic heterocycles. The first-order chi connectivity index (χ1) is 8.99. The minimum absolute atomic E-state index is 0.200. The van der Waals surface area contributed by atoms with Crippen LogP contribution in [0.2, 0.25) is 0 Å². The van der Waals surface area contributed by atoms with E-state index < -0.39 is 0 Å². The topological polar surface area (TPSA) is 44.1 Å². The fraction of sp³-hybridized carbons (Fsp3) is 0.231. The van der Waals surface area contributed by atoms with E-state index in [1.54, 1.807) is 13.0 Å². The molecule has 0 aliphatic carbocycles. The molecule has 6 heteroatoms. The van der Waals surface area contributed by atoms with E-state index in [1.165, 1.54) is 29.9 Å². The average Bonchev–Trinajstić information content (AvgIpc) is 2.31. The van der Waals surface area contributed by atoms with Crippen molar-refractivity contribution in [3.05, 3.63) is 56.2 Å². The van der Waals surface area contributed by atoms with Gasteiger partial charge in [-0.25, -0.2) is 9.37 Å². The normalized spacial score (nSPS) is 10.5. The molecule has 1 aromatic heterocycles. The summed E-state index contributed by atoms with van der Waals surface area (Å²) in [6, 6.07) is 6.10. The molecule has 1 aromatic carbocycles. The zero-order valence-electron chi connectivity index (χ0n) is 10.5. The van der Waals surface area contributed by atoms with Gasteiger partial charge in [-0.15, -0.1) is 0 Å². The number of ether oxygens (including phenoxy) is 1. The van der Waals surface area contributed by atoms with Crippen LogP contribution in [0.1, 0.15) is 11.3 Å². The van der Waals surface area contributed by atoms with Crippen LogP contribution in [-0.2, 0) is 6.54 Å². The van der Waals surface area contributed by atoms with Crippen LogP contribution in [0.5, 0.6) is 6.01 Å². The molecule has 0 amide bonds. The fourth-order valence-electron chi connectivity index (χ4n) is 1.78. The second kappa shape index (κ2) is 5.52. The van der Waals surface area contributed by atoms with E-state index in [1.807, 2.05) is 0 Å². The number of hydrogen-bond donors (Lipinski definition) is 0. The Morgan fingerprint density at radius 1 is 1.37 bits per heavy atom. The lowest BCUT2D eigenvalue weighted by molar-refractivity contribution is 0.349. The van der Waals surface area contributed by atoms with E-state index in [9.17, 15) is 9.18 Å². The van der Waals surface area contributed by atoms with Gasteiger partial charge in [0.25, 0.3) is 11.6 Å². The smallest absolute Gasteiger partial charge is 0.299 e. The zero-order valence-corrected chi connectivity index (χ0v) is 12.1. The molecule has 0 bridgehead atoms. The molecule has 0 saturated heterocycles. The van der Waals surface area contributed by atoms with Crippen molar-refractivity contribution in [3.63, 3.8) is 0 Å². The molecule has 4 nitrogen and oxygen atoms in total. The largest absolute Gasteiger partial charge is 0.468 e. The molecule has 0 N–H and O–H groups in total. The predicted molar refractivity (Wildman–Crippen MR) is 73.0 cm³/mol. The van der Waals surface area contributed by atoms with Gasteiger partial charge >= 0.3 is 0 Å². The molecule has 0 aliphatic rings. The van der Waals surface area contributed by atoms with Gasteiger partial charge in [0.15, 0.2) is 0 Å². The van der Waals surface area contributed by atoms with E-state index in [2.05, 4.69) is 20.9 Å². The second-order valence-electron chi connectivity index (χ2n) is 4.09. The molecular weight excluding hydrogens is 315 g/mol. The highest BCUT2D eigenvalue weighted by Gasteiger charge is 2.09. The summed E-state index contributed by atoms with van der Waals surface area (Å²) in [5.41, 5.74) is 1.00. The van der Waals surface area contributed by atoms with Crippen LogP contribution >= 0.6 is 15.9 Å². The molecule has 0 fully saturated rings.